The zero-order valence-corrected chi connectivity index (χ0v) is 25.7. The molecule has 3 fully saturated rings. The van der Waals surface area contributed by atoms with Gasteiger partial charge in [-0.2, -0.15) is 0 Å². The molecule has 228 valence electrons. The second kappa shape index (κ2) is 10.1. The van der Waals surface area contributed by atoms with Gasteiger partial charge >= 0.3 is 5.97 Å². The number of halogens is 1. The summed E-state index contributed by atoms with van der Waals surface area (Å²) in [6.07, 6.45) is 7.23. The Hall–Kier alpha value is -3.40. The summed E-state index contributed by atoms with van der Waals surface area (Å²) in [6, 6.07) is 3.47. The minimum Gasteiger partial charge on any atom is -0.487 e. The molecule has 1 N–H and O–H groups in total. The van der Waals surface area contributed by atoms with E-state index in [0.29, 0.717) is 56.0 Å². The normalized spacial score (nSPS) is 31.2. The lowest BCUT2D eigenvalue weighted by molar-refractivity contribution is -0.163. The zero-order chi connectivity index (χ0) is 30.3. The third-order valence-corrected chi connectivity index (χ3v) is 10.9. The summed E-state index contributed by atoms with van der Waals surface area (Å²) < 4.78 is 8.29. The van der Waals surface area contributed by atoms with Gasteiger partial charge in [0.15, 0.2) is 0 Å². The maximum Gasteiger partial charge on any atom is 0.310 e. The van der Waals surface area contributed by atoms with Crippen molar-refractivity contribution in [2.24, 2.45) is 24.3 Å². The lowest BCUT2D eigenvalue weighted by Gasteiger charge is -2.46. The number of benzene rings is 1. The molecule has 1 unspecified atom stereocenters. The van der Waals surface area contributed by atoms with Crippen molar-refractivity contribution in [3.8, 4) is 5.75 Å². The molecule has 1 spiro atoms. The number of rotatable bonds is 7. The predicted molar refractivity (Wildman–Crippen MR) is 158 cm³/mol. The Labute approximate surface area is 256 Å². The second-order valence-electron chi connectivity index (χ2n) is 13.4. The Morgan fingerprint density at radius 3 is 2.74 bits per heavy atom. The number of ether oxygens (including phenoxy) is 1. The van der Waals surface area contributed by atoms with Crippen molar-refractivity contribution in [2.45, 2.75) is 83.4 Å². The molecule has 0 bridgehead atoms. The zero-order valence-electron chi connectivity index (χ0n) is 24.9. The molecule has 1 aromatic heterocycles. The SMILES string of the molecule is C[C@@H]1CC(=O)N(C2C[C@@]23c2c(OCc4nnn(C)c4C4=CC4)ccc(Cl)c2CCN3C(=O)[C@@H]2CCCC[C@]2(C)C(=O)O)C1. The van der Waals surface area contributed by atoms with Crippen molar-refractivity contribution in [2.75, 3.05) is 13.1 Å². The fourth-order valence-corrected chi connectivity index (χ4v) is 8.39. The van der Waals surface area contributed by atoms with Crippen molar-refractivity contribution in [3.63, 3.8) is 0 Å². The number of fused-ring (bicyclic) bond motifs is 2. The first-order chi connectivity index (χ1) is 20.6. The predicted octanol–water partition coefficient (Wildman–Crippen LogP) is 4.34. The number of likely N-dealkylation sites (tertiary alicyclic amines) is 1. The fourth-order valence-electron chi connectivity index (χ4n) is 8.14. The molecule has 0 radical (unpaired) electrons. The van der Waals surface area contributed by atoms with Crippen LogP contribution in [0.25, 0.3) is 5.57 Å². The standard InChI is InChI=1S/C32H38ClN5O5/c1-18-14-26(39)37(16-18)25-15-32(25)27-20(11-13-38(32)29(40)21-6-4-5-12-31(21,2)30(41)42)22(33)9-10-24(27)43-17-23-28(19-7-8-19)36(3)35-34-23/h7,9-10,18,21,25H,4-6,8,11-17H2,1-3H3,(H,41,42)/t18-,21+,25?,31+,32+/m1/s1. The lowest BCUT2D eigenvalue weighted by atomic mass is 9.66. The average molecular weight is 608 g/mol. The molecule has 10 nitrogen and oxygen atoms in total. The summed E-state index contributed by atoms with van der Waals surface area (Å²) in [5.74, 6) is -0.763. The molecule has 5 atom stereocenters. The van der Waals surface area contributed by atoms with Crippen LogP contribution < -0.4 is 4.74 Å². The summed E-state index contributed by atoms with van der Waals surface area (Å²) >= 11 is 6.84. The molecule has 5 aliphatic rings. The Kier molecular flexibility index (Phi) is 6.65. The van der Waals surface area contributed by atoms with E-state index in [9.17, 15) is 19.5 Å². The smallest absolute Gasteiger partial charge is 0.310 e. The Balaban J connectivity index is 1.30. The number of carboxylic acids is 1. The van der Waals surface area contributed by atoms with Crippen molar-refractivity contribution in [3.05, 3.63) is 45.7 Å². The van der Waals surface area contributed by atoms with Crippen LogP contribution in [0.1, 0.15) is 81.3 Å². The van der Waals surface area contributed by atoms with Gasteiger partial charge in [-0.1, -0.05) is 42.7 Å². The monoisotopic (exact) mass is 607 g/mol. The molecule has 2 aromatic rings. The summed E-state index contributed by atoms with van der Waals surface area (Å²) in [5, 5.41) is 19.4. The highest BCUT2D eigenvalue weighted by Crippen LogP contribution is 2.62. The summed E-state index contributed by atoms with van der Waals surface area (Å²) in [6.45, 7) is 5.04. The highest BCUT2D eigenvalue weighted by Gasteiger charge is 2.68. The van der Waals surface area contributed by atoms with Gasteiger partial charge < -0.3 is 19.6 Å². The van der Waals surface area contributed by atoms with Gasteiger partial charge in [0, 0.05) is 43.6 Å². The van der Waals surface area contributed by atoms with Gasteiger partial charge in [-0.05, 0) is 61.8 Å². The maximum absolute atomic E-state index is 14.6. The van der Waals surface area contributed by atoms with Crippen molar-refractivity contribution in [1.29, 1.82) is 0 Å². The minimum absolute atomic E-state index is 0.0911. The van der Waals surface area contributed by atoms with Crippen LogP contribution in [0.5, 0.6) is 5.75 Å². The molecule has 1 aromatic carbocycles. The first-order valence-corrected chi connectivity index (χ1v) is 15.8. The number of carbonyl (C=O) groups excluding carboxylic acids is 2. The molecular formula is C32H38ClN5O5. The number of allylic oxidation sites excluding steroid dienone is 2. The molecule has 7 rings (SSSR count). The van der Waals surface area contributed by atoms with Gasteiger partial charge in [0.1, 0.15) is 18.1 Å². The minimum atomic E-state index is -1.13. The highest BCUT2D eigenvalue weighted by atomic mass is 35.5. The van der Waals surface area contributed by atoms with Crippen LogP contribution >= 0.6 is 11.6 Å². The van der Waals surface area contributed by atoms with E-state index < -0.39 is 22.8 Å². The number of carbonyl (C=O) groups is 3. The molecule has 11 heteroatoms. The van der Waals surface area contributed by atoms with E-state index in [-0.39, 0.29) is 30.4 Å². The Morgan fingerprint density at radius 1 is 1.26 bits per heavy atom. The molecular weight excluding hydrogens is 570 g/mol. The second-order valence-corrected chi connectivity index (χ2v) is 13.8. The first kappa shape index (κ1) is 28.4. The molecule has 3 heterocycles. The van der Waals surface area contributed by atoms with Gasteiger partial charge in [-0.3, -0.25) is 14.4 Å². The van der Waals surface area contributed by atoms with E-state index in [4.69, 9.17) is 16.3 Å². The third-order valence-electron chi connectivity index (χ3n) is 10.6. The topological polar surface area (TPSA) is 118 Å². The van der Waals surface area contributed by atoms with Crippen LogP contribution in [0, 0.1) is 17.3 Å². The van der Waals surface area contributed by atoms with E-state index in [2.05, 4.69) is 23.3 Å². The quantitative estimate of drug-likeness (QED) is 0.498. The number of amides is 2. The largest absolute Gasteiger partial charge is 0.487 e. The number of hydrogen-bond donors (Lipinski definition) is 1. The number of carboxylic acid groups (broad SMARTS) is 1. The van der Waals surface area contributed by atoms with E-state index in [1.165, 1.54) is 5.57 Å². The Bertz CT molecular complexity index is 1570. The summed E-state index contributed by atoms with van der Waals surface area (Å²) in [5.41, 5.74) is 2.71. The Morgan fingerprint density at radius 2 is 2.05 bits per heavy atom. The van der Waals surface area contributed by atoms with Crippen LogP contribution in [-0.2, 0) is 40.0 Å². The van der Waals surface area contributed by atoms with Crippen molar-refractivity contribution in [1.82, 2.24) is 24.8 Å². The fraction of sp³-hybridized carbons (Fsp3) is 0.594. The number of hydrogen-bond acceptors (Lipinski definition) is 6. The van der Waals surface area contributed by atoms with Crippen molar-refractivity contribution < 1.29 is 24.2 Å². The van der Waals surface area contributed by atoms with E-state index in [1.807, 2.05) is 29.0 Å². The first-order valence-electron chi connectivity index (χ1n) is 15.4. The summed E-state index contributed by atoms with van der Waals surface area (Å²) in [4.78, 5) is 44.2. The van der Waals surface area contributed by atoms with Crippen LogP contribution in [0.3, 0.4) is 0 Å². The molecule has 2 amide bonds. The molecule has 43 heavy (non-hydrogen) atoms. The van der Waals surface area contributed by atoms with Crippen LogP contribution in [0.4, 0.5) is 0 Å². The molecule has 2 saturated carbocycles. The van der Waals surface area contributed by atoms with Gasteiger partial charge in [0.05, 0.1) is 28.6 Å². The molecule has 3 aliphatic carbocycles. The third kappa shape index (κ3) is 4.38. The average Bonchev–Trinajstić information content (AvgIpc) is 3.88. The number of aliphatic carboxylic acids is 1. The van der Waals surface area contributed by atoms with E-state index in [1.54, 1.807) is 11.6 Å². The lowest BCUT2D eigenvalue weighted by Crippen LogP contribution is -2.55. The number of nitrogens with zero attached hydrogens (tertiary/aromatic N) is 5. The van der Waals surface area contributed by atoms with Gasteiger partial charge in [-0.25, -0.2) is 4.68 Å². The van der Waals surface area contributed by atoms with E-state index in [0.717, 1.165) is 41.8 Å². The maximum atomic E-state index is 14.6. The van der Waals surface area contributed by atoms with Gasteiger partial charge in [0.2, 0.25) is 11.8 Å². The van der Waals surface area contributed by atoms with Crippen LogP contribution in [0.15, 0.2) is 18.2 Å². The van der Waals surface area contributed by atoms with Crippen LogP contribution in [0.2, 0.25) is 5.02 Å². The number of aromatic nitrogens is 3. The molecule has 2 aliphatic heterocycles. The summed E-state index contributed by atoms with van der Waals surface area (Å²) in [7, 11) is 1.87. The highest BCUT2D eigenvalue weighted by molar-refractivity contribution is 6.31. The van der Waals surface area contributed by atoms with Crippen LogP contribution in [-0.4, -0.2) is 66.8 Å². The molecule has 1 saturated heterocycles. The van der Waals surface area contributed by atoms with Crippen molar-refractivity contribution >= 4 is 35.0 Å². The van der Waals surface area contributed by atoms with E-state index >= 15 is 0 Å². The van der Waals surface area contributed by atoms with Gasteiger partial charge in [0.25, 0.3) is 0 Å². The number of aryl methyl sites for hydroxylation is 1. The van der Waals surface area contributed by atoms with Gasteiger partial charge in [-0.15, -0.1) is 5.10 Å².